The van der Waals surface area contributed by atoms with Gasteiger partial charge in [0.25, 0.3) is 15.9 Å². The SMILES string of the molecule is COc1ccc(N(CC(=O)NN=Cc2ccc(OC)cc2OC)S(=O)(=O)c2ccccc2)cc1. The van der Waals surface area contributed by atoms with Crippen LogP contribution in [-0.2, 0) is 14.8 Å². The molecule has 0 fully saturated rings. The molecule has 3 aromatic rings. The third kappa shape index (κ3) is 5.84. The van der Waals surface area contributed by atoms with E-state index in [1.54, 1.807) is 67.8 Å². The second kappa shape index (κ2) is 11.2. The van der Waals surface area contributed by atoms with Crippen LogP contribution in [0.5, 0.6) is 17.2 Å². The van der Waals surface area contributed by atoms with Crippen LogP contribution in [0.2, 0.25) is 0 Å². The summed E-state index contributed by atoms with van der Waals surface area (Å²) in [6.07, 6.45) is 1.40. The van der Waals surface area contributed by atoms with Crippen LogP contribution in [0.25, 0.3) is 0 Å². The third-order valence-corrected chi connectivity index (χ3v) is 6.60. The van der Waals surface area contributed by atoms with Crippen LogP contribution in [0.15, 0.2) is 82.8 Å². The highest BCUT2D eigenvalue weighted by molar-refractivity contribution is 7.92. The Kier molecular flexibility index (Phi) is 8.10. The zero-order chi connectivity index (χ0) is 24.6. The lowest BCUT2D eigenvalue weighted by Gasteiger charge is -2.23. The molecule has 0 aliphatic carbocycles. The highest BCUT2D eigenvalue weighted by Gasteiger charge is 2.27. The zero-order valence-corrected chi connectivity index (χ0v) is 19.8. The van der Waals surface area contributed by atoms with Crippen molar-refractivity contribution in [1.82, 2.24) is 5.43 Å². The van der Waals surface area contributed by atoms with Crippen molar-refractivity contribution in [2.75, 3.05) is 32.2 Å². The van der Waals surface area contributed by atoms with Crippen molar-refractivity contribution in [3.63, 3.8) is 0 Å². The molecule has 0 saturated carbocycles. The summed E-state index contributed by atoms with van der Waals surface area (Å²) >= 11 is 0. The van der Waals surface area contributed by atoms with E-state index in [2.05, 4.69) is 10.5 Å². The molecule has 1 amide bonds. The van der Waals surface area contributed by atoms with Gasteiger partial charge in [0.2, 0.25) is 0 Å². The second-order valence-corrected chi connectivity index (χ2v) is 8.79. The summed E-state index contributed by atoms with van der Waals surface area (Å²) in [6, 6.07) is 19.4. The number of hydrazone groups is 1. The number of nitrogens with one attached hydrogen (secondary N) is 1. The number of anilines is 1. The van der Waals surface area contributed by atoms with Crippen LogP contribution >= 0.6 is 0 Å². The summed E-state index contributed by atoms with van der Waals surface area (Å²) in [6.45, 7) is -0.485. The minimum atomic E-state index is -4.02. The molecule has 178 valence electrons. The maximum Gasteiger partial charge on any atom is 0.264 e. The van der Waals surface area contributed by atoms with Crippen molar-refractivity contribution in [2.45, 2.75) is 4.90 Å². The summed E-state index contributed by atoms with van der Waals surface area (Å²) < 4.78 is 43.2. The van der Waals surface area contributed by atoms with E-state index in [0.29, 0.717) is 28.5 Å². The first kappa shape index (κ1) is 24.6. The molecule has 10 heteroatoms. The summed E-state index contributed by atoms with van der Waals surface area (Å²) in [5, 5.41) is 3.95. The fourth-order valence-corrected chi connectivity index (χ4v) is 4.49. The van der Waals surface area contributed by atoms with Crippen molar-refractivity contribution >= 4 is 27.8 Å². The van der Waals surface area contributed by atoms with Gasteiger partial charge in [-0.1, -0.05) is 18.2 Å². The number of amides is 1. The van der Waals surface area contributed by atoms with Gasteiger partial charge in [-0.2, -0.15) is 5.10 Å². The Morgan fingerprint density at radius 1 is 0.912 bits per heavy atom. The molecule has 0 aliphatic rings. The van der Waals surface area contributed by atoms with Gasteiger partial charge in [0.15, 0.2) is 0 Å². The topological polar surface area (TPSA) is 107 Å². The van der Waals surface area contributed by atoms with Crippen LogP contribution in [-0.4, -0.2) is 48.4 Å². The number of methoxy groups -OCH3 is 3. The van der Waals surface area contributed by atoms with Crippen LogP contribution in [0.1, 0.15) is 5.56 Å². The van der Waals surface area contributed by atoms with E-state index in [4.69, 9.17) is 14.2 Å². The van der Waals surface area contributed by atoms with Crippen LogP contribution < -0.4 is 23.9 Å². The Morgan fingerprint density at radius 2 is 1.56 bits per heavy atom. The Balaban J connectivity index is 1.82. The summed E-state index contributed by atoms with van der Waals surface area (Å²) in [7, 11) is 0.541. The first-order chi connectivity index (χ1) is 16.4. The standard InChI is InChI=1S/C24H25N3O6S/c1-31-20-13-10-19(11-14-20)27(34(29,30)22-7-5-4-6-8-22)17-24(28)26-25-16-18-9-12-21(32-2)15-23(18)33-3/h4-16H,17H2,1-3H3,(H,26,28). The lowest BCUT2D eigenvalue weighted by molar-refractivity contribution is -0.119. The van der Waals surface area contributed by atoms with Gasteiger partial charge in [0, 0.05) is 11.6 Å². The molecule has 0 aliphatic heterocycles. The number of hydrogen-bond donors (Lipinski definition) is 1. The number of benzene rings is 3. The first-order valence-corrected chi connectivity index (χ1v) is 11.6. The fourth-order valence-electron chi connectivity index (χ4n) is 3.05. The van der Waals surface area contributed by atoms with E-state index >= 15 is 0 Å². The summed E-state index contributed by atoms with van der Waals surface area (Å²) in [5.41, 5.74) is 3.28. The van der Waals surface area contributed by atoms with E-state index in [1.807, 2.05) is 0 Å². The number of carbonyl (C=O) groups excluding carboxylic acids is 1. The van der Waals surface area contributed by atoms with Crippen LogP contribution in [0.3, 0.4) is 0 Å². The van der Waals surface area contributed by atoms with Gasteiger partial charge in [0.05, 0.1) is 38.1 Å². The number of hydrogen-bond acceptors (Lipinski definition) is 7. The molecule has 9 nitrogen and oxygen atoms in total. The first-order valence-electron chi connectivity index (χ1n) is 10.1. The zero-order valence-electron chi connectivity index (χ0n) is 19.0. The van der Waals surface area contributed by atoms with Crippen LogP contribution in [0, 0.1) is 0 Å². The quantitative estimate of drug-likeness (QED) is 0.351. The summed E-state index contributed by atoms with van der Waals surface area (Å²) in [5.74, 6) is 1.05. The van der Waals surface area contributed by atoms with Crippen LogP contribution in [0.4, 0.5) is 5.69 Å². The number of carbonyl (C=O) groups is 1. The van der Waals surface area contributed by atoms with Crippen molar-refractivity contribution in [3.8, 4) is 17.2 Å². The molecule has 0 saturated heterocycles. The molecule has 1 N–H and O–H groups in total. The Morgan fingerprint density at radius 3 is 2.18 bits per heavy atom. The van der Waals surface area contributed by atoms with Gasteiger partial charge >= 0.3 is 0 Å². The van der Waals surface area contributed by atoms with Gasteiger partial charge in [-0.3, -0.25) is 9.10 Å². The van der Waals surface area contributed by atoms with E-state index in [1.165, 1.54) is 32.6 Å². The monoisotopic (exact) mass is 483 g/mol. The molecular weight excluding hydrogens is 458 g/mol. The summed E-state index contributed by atoms with van der Waals surface area (Å²) in [4.78, 5) is 12.7. The Labute approximate surface area is 198 Å². The van der Waals surface area contributed by atoms with Gasteiger partial charge in [-0.05, 0) is 48.5 Å². The van der Waals surface area contributed by atoms with E-state index in [-0.39, 0.29) is 4.90 Å². The maximum absolute atomic E-state index is 13.3. The molecule has 34 heavy (non-hydrogen) atoms. The van der Waals surface area contributed by atoms with Gasteiger partial charge in [0.1, 0.15) is 23.8 Å². The second-order valence-electron chi connectivity index (χ2n) is 6.92. The van der Waals surface area contributed by atoms with Crippen molar-refractivity contribution in [1.29, 1.82) is 0 Å². The number of sulfonamides is 1. The molecular formula is C24H25N3O6S. The predicted octanol–water partition coefficient (Wildman–Crippen LogP) is 3.06. The molecule has 3 aromatic carbocycles. The molecule has 0 heterocycles. The Hall–Kier alpha value is -4.05. The van der Waals surface area contributed by atoms with Crippen molar-refractivity contribution < 1.29 is 27.4 Å². The minimum absolute atomic E-state index is 0.0603. The van der Waals surface area contributed by atoms with Crippen molar-refractivity contribution in [3.05, 3.63) is 78.4 Å². The smallest absolute Gasteiger partial charge is 0.264 e. The van der Waals surface area contributed by atoms with E-state index in [0.717, 1.165) is 4.31 Å². The predicted molar refractivity (Wildman–Crippen MR) is 129 cm³/mol. The third-order valence-electron chi connectivity index (χ3n) is 4.81. The number of rotatable bonds is 10. The molecule has 0 radical (unpaired) electrons. The number of ether oxygens (including phenoxy) is 3. The Bertz CT molecular complexity index is 1250. The largest absolute Gasteiger partial charge is 0.497 e. The lowest BCUT2D eigenvalue weighted by Crippen LogP contribution is -2.39. The maximum atomic E-state index is 13.3. The van der Waals surface area contributed by atoms with Gasteiger partial charge < -0.3 is 14.2 Å². The van der Waals surface area contributed by atoms with Gasteiger partial charge in [-0.25, -0.2) is 13.8 Å². The molecule has 0 unspecified atom stereocenters. The number of nitrogens with zero attached hydrogens (tertiary/aromatic N) is 2. The van der Waals surface area contributed by atoms with E-state index in [9.17, 15) is 13.2 Å². The van der Waals surface area contributed by atoms with E-state index < -0.39 is 22.5 Å². The highest BCUT2D eigenvalue weighted by Crippen LogP contribution is 2.26. The molecule has 0 aromatic heterocycles. The highest BCUT2D eigenvalue weighted by atomic mass is 32.2. The molecule has 0 spiro atoms. The average molecular weight is 484 g/mol. The molecule has 3 rings (SSSR count). The van der Waals surface area contributed by atoms with Crippen molar-refractivity contribution in [2.24, 2.45) is 5.10 Å². The lowest BCUT2D eigenvalue weighted by atomic mass is 10.2. The molecule has 0 atom stereocenters. The average Bonchev–Trinajstić information content (AvgIpc) is 2.88. The van der Waals surface area contributed by atoms with Gasteiger partial charge in [-0.15, -0.1) is 0 Å². The normalized spacial score (nSPS) is 11.1. The minimum Gasteiger partial charge on any atom is -0.497 e. The molecule has 0 bridgehead atoms. The fraction of sp³-hybridized carbons (Fsp3) is 0.167.